The van der Waals surface area contributed by atoms with Gasteiger partial charge >= 0.3 is 0 Å². The molecule has 0 aliphatic heterocycles. The van der Waals surface area contributed by atoms with Crippen molar-refractivity contribution in [3.63, 3.8) is 0 Å². The van der Waals surface area contributed by atoms with Gasteiger partial charge in [-0.3, -0.25) is 0 Å². The van der Waals surface area contributed by atoms with Crippen LogP contribution < -0.4 is 5.73 Å². The zero-order chi connectivity index (χ0) is 17.5. The van der Waals surface area contributed by atoms with Gasteiger partial charge in [0.05, 0.1) is 5.69 Å². The van der Waals surface area contributed by atoms with Crippen LogP contribution in [0.25, 0.3) is 0 Å². The second-order valence-corrected chi connectivity index (χ2v) is 6.56. The molecule has 0 aliphatic carbocycles. The average Bonchev–Trinajstić information content (AvgIpc) is 2.55. The van der Waals surface area contributed by atoms with Crippen LogP contribution in [0.4, 0.5) is 17.1 Å². The number of rotatable bonds is 7. The highest BCUT2D eigenvalue weighted by Gasteiger charge is 2.09. The maximum atomic E-state index is 10.5. The number of nitrogens with two attached hydrogens (primary N) is 1. The van der Waals surface area contributed by atoms with Gasteiger partial charge in [0, 0.05) is 4.90 Å². The lowest BCUT2D eigenvalue weighted by Crippen LogP contribution is -1.89. The van der Waals surface area contributed by atoms with Gasteiger partial charge in [-0.1, -0.05) is 32.3 Å². The van der Waals surface area contributed by atoms with Crippen molar-refractivity contribution < 1.29 is 5.11 Å². The highest BCUT2D eigenvalue weighted by Crippen LogP contribution is 2.35. The third-order valence-electron chi connectivity index (χ3n) is 3.89. The van der Waals surface area contributed by atoms with Crippen molar-refractivity contribution in [2.45, 2.75) is 50.8 Å². The van der Waals surface area contributed by atoms with Gasteiger partial charge in [-0.15, -0.1) is 22.9 Å². The summed E-state index contributed by atoms with van der Waals surface area (Å²) < 4.78 is 0. The van der Waals surface area contributed by atoms with E-state index in [1.165, 1.54) is 19.3 Å². The van der Waals surface area contributed by atoms with E-state index in [4.69, 9.17) is 5.73 Å². The summed E-state index contributed by atoms with van der Waals surface area (Å²) in [6.45, 7) is 4.19. The first-order chi connectivity index (χ1) is 11.5. The second-order valence-electron chi connectivity index (χ2n) is 6.05. The van der Waals surface area contributed by atoms with Crippen LogP contribution >= 0.6 is 12.6 Å². The molecule has 0 heterocycles. The van der Waals surface area contributed by atoms with E-state index in [2.05, 4.69) is 29.8 Å². The standard InChI is InChI=1S/C19H25N3OS/c1-3-4-5-6-7-14-10-13(2)11-18(19(14)23)22-21-17-12-15(24)8-9-16(17)20/h8-12,23-24H,3-7,20H2,1-2H3. The summed E-state index contributed by atoms with van der Waals surface area (Å²) >= 11 is 4.28. The predicted molar refractivity (Wildman–Crippen MR) is 103 cm³/mol. The zero-order valence-electron chi connectivity index (χ0n) is 14.3. The first-order valence-electron chi connectivity index (χ1n) is 8.34. The van der Waals surface area contributed by atoms with Crippen LogP contribution in [-0.2, 0) is 6.42 Å². The number of unbranched alkanes of at least 4 members (excludes halogenated alkanes) is 3. The number of nitrogens with zero attached hydrogens (tertiary/aromatic N) is 2. The van der Waals surface area contributed by atoms with Crippen LogP contribution in [0.5, 0.6) is 5.75 Å². The summed E-state index contributed by atoms with van der Waals surface area (Å²) in [5.74, 6) is 0.210. The molecule has 2 aromatic rings. The van der Waals surface area contributed by atoms with Crippen LogP contribution in [-0.4, -0.2) is 5.11 Å². The molecule has 0 saturated carbocycles. The molecular weight excluding hydrogens is 318 g/mol. The topological polar surface area (TPSA) is 71.0 Å². The van der Waals surface area contributed by atoms with Gasteiger partial charge in [-0.2, -0.15) is 0 Å². The van der Waals surface area contributed by atoms with Crippen LogP contribution in [0.15, 0.2) is 45.5 Å². The summed E-state index contributed by atoms with van der Waals surface area (Å²) in [7, 11) is 0. The lowest BCUT2D eigenvalue weighted by Gasteiger charge is -2.08. The molecule has 0 atom stereocenters. The number of azo groups is 1. The molecule has 0 fully saturated rings. The Morgan fingerprint density at radius 1 is 1.04 bits per heavy atom. The monoisotopic (exact) mass is 343 g/mol. The van der Waals surface area contributed by atoms with Crippen molar-refractivity contribution in [1.82, 2.24) is 0 Å². The van der Waals surface area contributed by atoms with Crippen molar-refractivity contribution in [2.24, 2.45) is 10.2 Å². The molecular formula is C19H25N3OS. The smallest absolute Gasteiger partial charge is 0.146 e. The average molecular weight is 343 g/mol. The fraction of sp³-hybridized carbons (Fsp3) is 0.368. The first-order valence-corrected chi connectivity index (χ1v) is 8.78. The molecule has 0 bridgehead atoms. The molecule has 0 aromatic heterocycles. The van der Waals surface area contributed by atoms with Crippen molar-refractivity contribution in [3.05, 3.63) is 41.5 Å². The predicted octanol–water partition coefficient (Wildman–Crippen LogP) is 6.11. The minimum absolute atomic E-state index is 0.210. The van der Waals surface area contributed by atoms with Crippen LogP contribution in [0.3, 0.4) is 0 Å². The molecule has 0 spiro atoms. The first kappa shape index (κ1) is 18.3. The molecule has 24 heavy (non-hydrogen) atoms. The Kier molecular flexibility index (Phi) is 6.67. The molecule has 3 N–H and O–H groups in total. The van der Waals surface area contributed by atoms with Gasteiger partial charge in [0.25, 0.3) is 0 Å². The third kappa shape index (κ3) is 4.99. The minimum Gasteiger partial charge on any atom is -0.505 e. The molecule has 2 aromatic carbocycles. The molecule has 5 heteroatoms. The van der Waals surface area contributed by atoms with Crippen molar-refractivity contribution in [2.75, 3.05) is 5.73 Å². The zero-order valence-corrected chi connectivity index (χ0v) is 15.2. The van der Waals surface area contributed by atoms with Gasteiger partial charge < -0.3 is 10.8 Å². The Bertz CT molecular complexity index is 729. The van der Waals surface area contributed by atoms with E-state index in [9.17, 15) is 5.11 Å². The van der Waals surface area contributed by atoms with Gasteiger partial charge in [-0.25, -0.2) is 0 Å². The summed E-state index contributed by atoms with van der Waals surface area (Å²) in [5, 5.41) is 18.9. The van der Waals surface area contributed by atoms with E-state index in [-0.39, 0.29) is 5.75 Å². The minimum atomic E-state index is 0.210. The molecule has 0 aliphatic rings. The van der Waals surface area contributed by atoms with E-state index < -0.39 is 0 Å². The molecule has 0 radical (unpaired) electrons. The highest BCUT2D eigenvalue weighted by molar-refractivity contribution is 7.80. The number of phenols is 1. The Labute approximate surface area is 149 Å². The lowest BCUT2D eigenvalue weighted by molar-refractivity contribution is 0.467. The maximum absolute atomic E-state index is 10.5. The Morgan fingerprint density at radius 3 is 2.54 bits per heavy atom. The van der Waals surface area contributed by atoms with Crippen LogP contribution in [0.2, 0.25) is 0 Å². The van der Waals surface area contributed by atoms with Gasteiger partial charge in [-0.05, 0) is 55.2 Å². The molecule has 2 rings (SSSR count). The summed E-state index contributed by atoms with van der Waals surface area (Å²) in [5.41, 5.74) is 9.44. The third-order valence-corrected chi connectivity index (χ3v) is 4.17. The molecule has 0 unspecified atom stereocenters. The van der Waals surface area contributed by atoms with E-state index in [0.717, 1.165) is 28.9 Å². The lowest BCUT2D eigenvalue weighted by atomic mass is 10.0. The number of hydrogen-bond donors (Lipinski definition) is 3. The number of benzene rings is 2. The molecule has 0 saturated heterocycles. The van der Waals surface area contributed by atoms with Crippen molar-refractivity contribution in [3.8, 4) is 5.75 Å². The largest absolute Gasteiger partial charge is 0.505 e. The number of hydrogen-bond acceptors (Lipinski definition) is 5. The van der Waals surface area contributed by atoms with Gasteiger partial charge in [0.2, 0.25) is 0 Å². The van der Waals surface area contributed by atoms with Crippen LogP contribution in [0, 0.1) is 6.92 Å². The summed E-state index contributed by atoms with van der Waals surface area (Å²) in [4.78, 5) is 0.767. The van der Waals surface area contributed by atoms with E-state index in [1.54, 1.807) is 18.2 Å². The molecule has 128 valence electrons. The molecule has 4 nitrogen and oxygen atoms in total. The van der Waals surface area contributed by atoms with Crippen molar-refractivity contribution in [1.29, 1.82) is 0 Å². The van der Waals surface area contributed by atoms with E-state index in [0.29, 0.717) is 17.1 Å². The van der Waals surface area contributed by atoms with Gasteiger partial charge in [0.1, 0.15) is 17.1 Å². The van der Waals surface area contributed by atoms with Crippen LogP contribution in [0.1, 0.15) is 43.7 Å². The normalized spacial score (nSPS) is 11.3. The molecule has 0 amide bonds. The second kappa shape index (κ2) is 8.73. The van der Waals surface area contributed by atoms with Gasteiger partial charge in [0.15, 0.2) is 0 Å². The fourth-order valence-corrected chi connectivity index (χ4v) is 2.77. The number of aromatic hydroxyl groups is 1. The Morgan fingerprint density at radius 2 is 1.79 bits per heavy atom. The number of nitrogen functional groups attached to an aromatic ring is 1. The summed E-state index contributed by atoms with van der Waals surface area (Å²) in [6, 6.07) is 9.14. The number of phenolic OH excluding ortho intramolecular Hbond substituents is 1. The van der Waals surface area contributed by atoms with E-state index in [1.807, 2.05) is 19.1 Å². The number of thiol groups is 1. The number of aryl methyl sites for hydroxylation is 2. The maximum Gasteiger partial charge on any atom is 0.146 e. The number of anilines is 1. The fourth-order valence-electron chi connectivity index (χ4n) is 2.57. The highest BCUT2D eigenvalue weighted by atomic mass is 32.1. The quantitative estimate of drug-likeness (QED) is 0.246. The Balaban J connectivity index is 2.22. The Hall–Kier alpha value is -2.01. The van der Waals surface area contributed by atoms with E-state index >= 15 is 0 Å². The van der Waals surface area contributed by atoms with Crippen molar-refractivity contribution >= 4 is 29.7 Å². The summed E-state index contributed by atoms with van der Waals surface area (Å²) in [6.07, 6.45) is 5.51. The SMILES string of the molecule is CCCCCCc1cc(C)cc(N=Nc2cc(S)ccc2N)c1O.